The minimum Gasteiger partial charge on any atom is -0.497 e. The van der Waals surface area contributed by atoms with Crippen LogP contribution in [-0.2, 0) is 4.74 Å². The fourth-order valence-corrected chi connectivity index (χ4v) is 5.07. The van der Waals surface area contributed by atoms with Crippen LogP contribution in [0.2, 0.25) is 0 Å². The third kappa shape index (κ3) is 7.23. The topological polar surface area (TPSA) is 113 Å². The van der Waals surface area contributed by atoms with Gasteiger partial charge >= 0.3 is 0 Å². The lowest BCUT2D eigenvalue weighted by atomic mass is 10.00. The van der Waals surface area contributed by atoms with Crippen molar-refractivity contribution < 1.29 is 14.2 Å². The Morgan fingerprint density at radius 3 is 2.64 bits per heavy atom. The Bertz CT molecular complexity index is 1420. The van der Waals surface area contributed by atoms with Crippen LogP contribution in [0.1, 0.15) is 12.0 Å². The third-order valence-electron chi connectivity index (χ3n) is 5.83. The zero-order valence-electron chi connectivity index (χ0n) is 22.3. The Labute approximate surface area is 232 Å². The number of nitrogens with zero attached hydrogens (tertiary/aromatic N) is 3. The van der Waals surface area contributed by atoms with Crippen LogP contribution < -0.4 is 25.4 Å². The molecule has 0 aliphatic carbocycles. The van der Waals surface area contributed by atoms with E-state index in [1.165, 1.54) is 11.3 Å². The van der Waals surface area contributed by atoms with E-state index in [4.69, 9.17) is 19.2 Å². The molecule has 0 radical (unpaired) electrons. The van der Waals surface area contributed by atoms with Crippen LogP contribution in [0.25, 0.3) is 21.7 Å². The third-order valence-corrected chi connectivity index (χ3v) is 7.06. The minimum atomic E-state index is 0.446. The van der Waals surface area contributed by atoms with Crippen LogP contribution in [-0.4, -0.2) is 57.5 Å². The van der Waals surface area contributed by atoms with Crippen molar-refractivity contribution in [1.82, 2.24) is 15.3 Å². The number of hydrogen-bond acceptors (Lipinski definition) is 10. The summed E-state index contributed by atoms with van der Waals surface area (Å²) in [5, 5.41) is 20.5. The first-order chi connectivity index (χ1) is 19.2. The average Bonchev–Trinajstić information content (AvgIpc) is 3.36. The van der Waals surface area contributed by atoms with Crippen LogP contribution in [0, 0.1) is 11.3 Å². The number of methoxy groups -OCH3 is 2. The fourth-order valence-electron chi connectivity index (χ4n) is 3.97. The molecule has 3 N–H and O–H groups in total. The van der Waals surface area contributed by atoms with Crippen molar-refractivity contribution in [1.29, 1.82) is 5.26 Å². The van der Waals surface area contributed by atoms with Crippen molar-refractivity contribution in [2.45, 2.75) is 6.42 Å². The summed E-state index contributed by atoms with van der Waals surface area (Å²) < 4.78 is 16.4. The average molecular weight is 545 g/mol. The molecule has 0 aliphatic rings. The Morgan fingerprint density at radius 1 is 1.00 bits per heavy atom. The summed E-state index contributed by atoms with van der Waals surface area (Å²) in [6.45, 7) is 3.00. The van der Waals surface area contributed by atoms with Gasteiger partial charge in [0.15, 0.2) is 0 Å². The molecule has 202 valence electrons. The lowest BCUT2D eigenvalue weighted by molar-refractivity contribution is 0.198. The van der Waals surface area contributed by atoms with E-state index in [1.807, 2.05) is 61.6 Å². The highest BCUT2D eigenvalue weighted by Gasteiger charge is 2.22. The summed E-state index contributed by atoms with van der Waals surface area (Å²) >= 11 is 1.48. The van der Waals surface area contributed by atoms with Gasteiger partial charge < -0.3 is 30.2 Å². The van der Waals surface area contributed by atoms with E-state index >= 15 is 0 Å². The summed E-state index contributed by atoms with van der Waals surface area (Å²) in [7, 11) is 5.13. The number of benzene rings is 2. The molecule has 0 saturated carbocycles. The summed E-state index contributed by atoms with van der Waals surface area (Å²) in [5.41, 5.74) is 3.78. The molecular formula is C29H32N6O3S. The second-order valence-corrected chi connectivity index (χ2v) is 9.49. The van der Waals surface area contributed by atoms with Gasteiger partial charge in [0.05, 0.1) is 36.5 Å². The van der Waals surface area contributed by atoms with E-state index in [1.54, 1.807) is 20.4 Å². The lowest BCUT2D eigenvalue weighted by Gasteiger charge is -2.11. The molecule has 0 saturated heterocycles. The van der Waals surface area contributed by atoms with Crippen LogP contribution in [0.3, 0.4) is 0 Å². The van der Waals surface area contributed by atoms with Crippen molar-refractivity contribution in [3.8, 4) is 39.3 Å². The number of ether oxygens (including phenoxy) is 3. The highest BCUT2D eigenvalue weighted by Crippen LogP contribution is 2.45. The molecule has 0 unspecified atom stereocenters. The van der Waals surface area contributed by atoms with Crippen LogP contribution in [0.4, 0.5) is 16.6 Å². The molecule has 2 aromatic carbocycles. The van der Waals surface area contributed by atoms with Gasteiger partial charge in [-0.3, -0.25) is 0 Å². The maximum atomic E-state index is 10.00. The standard InChI is InChI=1S/C29H32N6O3S/c1-31-28-24(19-30)26(20-7-4-9-22(17-20)37-3)27(39-28)25-11-13-33-29(35-25)34-21-8-5-10-23(18-21)38-15-6-12-32-14-16-36-2/h4-5,7-11,13,17-18,31-32H,6,12,14-16H2,1-3H3,(H,33,34,35). The Morgan fingerprint density at radius 2 is 1.85 bits per heavy atom. The van der Waals surface area contributed by atoms with Crippen LogP contribution in [0.15, 0.2) is 60.8 Å². The predicted octanol–water partition coefficient (Wildman–Crippen LogP) is 5.54. The van der Waals surface area contributed by atoms with Gasteiger partial charge in [-0.25, -0.2) is 9.97 Å². The highest BCUT2D eigenvalue weighted by atomic mass is 32.1. The number of aromatic nitrogens is 2. The van der Waals surface area contributed by atoms with Crippen molar-refractivity contribution >= 4 is 28.0 Å². The molecule has 0 bridgehead atoms. The van der Waals surface area contributed by atoms with E-state index in [9.17, 15) is 5.26 Å². The number of anilines is 3. The van der Waals surface area contributed by atoms with Gasteiger partial charge in [-0.05, 0) is 48.9 Å². The molecule has 2 heterocycles. The second-order valence-electron chi connectivity index (χ2n) is 8.47. The van der Waals surface area contributed by atoms with Gasteiger partial charge in [0, 0.05) is 44.2 Å². The molecule has 0 spiro atoms. The van der Waals surface area contributed by atoms with Gasteiger partial charge in [-0.2, -0.15) is 5.26 Å². The number of thiophene rings is 1. The van der Waals surface area contributed by atoms with E-state index in [0.29, 0.717) is 36.2 Å². The molecular weight excluding hydrogens is 512 g/mol. The van der Waals surface area contributed by atoms with Gasteiger partial charge in [0.2, 0.25) is 5.95 Å². The molecule has 39 heavy (non-hydrogen) atoms. The van der Waals surface area contributed by atoms with Crippen molar-refractivity contribution in [3.63, 3.8) is 0 Å². The van der Waals surface area contributed by atoms with Crippen LogP contribution in [0.5, 0.6) is 11.5 Å². The maximum Gasteiger partial charge on any atom is 0.227 e. The van der Waals surface area contributed by atoms with Crippen molar-refractivity contribution in [3.05, 3.63) is 66.4 Å². The molecule has 9 nitrogen and oxygen atoms in total. The largest absolute Gasteiger partial charge is 0.497 e. The van der Waals surface area contributed by atoms with Crippen LogP contribution >= 0.6 is 11.3 Å². The molecule has 0 amide bonds. The molecule has 0 fully saturated rings. The monoisotopic (exact) mass is 544 g/mol. The smallest absolute Gasteiger partial charge is 0.227 e. The summed E-state index contributed by atoms with van der Waals surface area (Å²) in [6, 6.07) is 19.6. The normalized spacial score (nSPS) is 10.6. The van der Waals surface area contributed by atoms with Crippen molar-refractivity contribution in [2.75, 3.05) is 58.2 Å². The molecule has 4 rings (SSSR count). The Hall–Kier alpha value is -4.17. The number of nitriles is 1. The lowest BCUT2D eigenvalue weighted by Crippen LogP contribution is -2.21. The van der Waals surface area contributed by atoms with Gasteiger partial charge in [0.1, 0.15) is 22.6 Å². The highest BCUT2D eigenvalue weighted by molar-refractivity contribution is 7.20. The summed E-state index contributed by atoms with van der Waals surface area (Å²) in [6.07, 6.45) is 2.60. The maximum absolute atomic E-state index is 10.00. The zero-order valence-corrected chi connectivity index (χ0v) is 23.1. The number of nitrogens with one attached hydrogen (secondary N) is 3. The van der Waals surface area contributed by atoms with E-state index in [0.717, 1.165) is 52.0 Å². The summed E-state index contributed by atoms with van der Waals surface area (Å²) in [5.74, 6) is 1.93. The number of rotatable bonds is 14. The molecule has 10 heteroatoms. The first-order valence-electron chi connectivity index (χ1n) is 12.6. The summed E-state index contributed by atoms with van der Waals surface area (Å²) in [4.78, 5) is 10.1. The molecule has 4 aromatic rings. The quantitative estimate of drug-likeness (QED) is 0.176. The van der Waals surface area contributed by atoms with E-state index in [2.05, 4.69) is 27.0 Å². The predicted molar refractivity (Wildman–Crippen MR) is 156 cm³/mol. The first kappa shape index (κ1) is 27.9. The van der Waals surface area contributed by atoms with E-state index < -0.39 is 0 Å². The Kier molecular flexibility index (Phi) is 10.1. The van der Waals surface area contributed by atoms with Gasteiger partial charge in [-0.1, -0.05) is 18.2 Å². The Balaban J connectivity index is 1.53. The molecule has 2 aromatic heterocycles. The van der Waals surface area contributed by atoms with E-state index in [-0.39, 0.29) is 0 Å². The minimum absolute atomic E-state index is 0.446. The number of hydrogen-bond donors (Lipinski definition) is 3. The SMILES string of the molecule is CNc1sc(-c2ccnc(Nc3cccc(OCCCNCCOC)c3)n2)c(-c2cccc(OC)c2)c1C#N. The van der Waals surface area contributed by atoms with Crippen molar-refractivity contribution in [2.24, 2.45) is 0 Å². The fraction of sp³-hybridized carbons (Fsp3) is 0.276. The zero-order chi connectivity index (χ0) is 27.5. The first-order valence-corrected chi connectivity index (χ1v) is 13.4. The molecule has 0 atom stereocenters. The van der Waals surface area contributed by atoms with Gasteiger partial charge in [0.25, 0.3) is 0 Å². The van der Waals surface area contributed by atoms with Gasteiger partial charge in [-0.15, -0.1) is 11.3 Å². The molecule has 0 aliphatic heterocycles. The second kappa shape index (κ2) is 14.1.